The van der Waals surface area contributed by atoms with Crippen LogP contribution in [0.25, 0.3) is 11.3 Å². The van der Waals surface area contributed by atoms with E-state index in [1.807, 2.05) is 30.3 Å². The molecule has 1 aromatic carbocycles. The van der Waals surface area contributed by atoms with Gasteiger partial charge in [0, 0.05) is 5.56 Å². The standard InChI is InChI=1S/C10H8BrNO/c11-6-10-12-9(7-13-10)8-4-2-1-3-5-8/h1-5,7H,6H2. The predicted octanol–water partition coefficient (Wildman–Crippen LogP) is 3.24. The van der Waals surface area contributed by atoms with Gasteiger partial charge in [-0.25, -0.2) is 4.98 Å². The van der Waals surface area contributed by atoms with Crippen molar-refractivity contribution in [3.8, 4) is 11.3 Å². The van der Waals surface area contributed by atoms with Crippen molar-refractivity contribution in [2.45, 2.75) is 5.33 Å². The number of rotatable bonds is 2. The van der Waals surface area contributed by atoms with Crippen LogP contribution < -0.4 is 0 Å². The van der Waals surface area contributed by atoms with Crippen LogP contribution in [0, 0.1) is 0 Å². The molecule has 0 spiro atoms. The van der Waals surface area contributed by atoms with Crippen molar-refractivity contribution < 1.29 is 4.42 Å². The SMILES string of the molecule is BrCc1nc(-c2ccccc2)co1. The number of nitrogens with zero attached hydrogens (tertiary/aromatic N) is 1. The second-order valence-electron chi connectivity index (χ2n) is 2.63. The Morgan fingerprint density at radius 1 is 1.23 bits per heavy atom. The van der Waals surface area contributed by atoms with Crippen molar-refractivity contribution in [1.82, 2.24) is 4.98 Å². The number of alkyl halides is 1. The van der Waals surface area contributed by atoms with Crippen LogP contribution in [-0.4, -0.2) is 4.98 Å². The third-order valence-electron chi connectivity index (χ3n) is 1.74. The fraction of sp³-hybridized carbons (Fsp3) is 0.100. The molecule has 3 heteroatoms. The van der Waals surface area contributed by atoms with Gasteiger partial charge >= 0.3 is 0 Å². The van der Waals surface area contributed by atoms with Crippen LogP contribution in [-0.2, 0) is 5.33 Å². The molecule has 0 radical (unpaired) electrons. The van der Waals surface area contributed by atoms with Crippen LogP contribution in [0.1, 0.15) is 5.89 Å². The number of halogens is 1. The van der Waals surface area contributed by atoms with Crippen molar-refractivity contribution in [2.24, 2.45) is 0 Å². The van der Waals surface area contributed by atoms with Gasteiger partial charge in [0.15, 0.2) is 0 Å². The number of hydrogen-bond acceptors (Lipinski definition) is 2. The minimum Gasteiger partial charge on any atom is -0.447 e. The summed E-state index contributed by atoms with van der Waals surface area (Å²) in [5.41, 5.74) is 1.97. The van der Waals surface area contributed by atoms with Gasteiger partial charge in [0.2, 0.25) is 5.89 Å². The van der Waals surface area contributed by atoms with E-state index < -0.39 is 0 Å². The van der Waals surface area contributed by atoms with E-state index in [1.165, 1.54) is 0 Å². The summed E-state index contributed by atoms with van der Waals surface area (Å²) in [6.07, 6.45) is 1.67. The number of hydrogen-bond donors (Lipinski definition) is 0. The van der Waals surface area contributed by atoms with Crippen LogP contribution >= 0.6 is 15.9 Å². The fourth-order valence-electron chi connectivity index (χ4n) is 1.11. The maximum absolute atomic E-state index is 5.21. The molecule has 0 aliphatic heterocycles. The van der Waals surface area contributed by atoms with Gasteiger partial charge in [0.25, 0.3) is 0 Å². The molecule has 0 aliphatic rings. The molecule has 2 nitrogen and oxygen atoms in total. The Bertz CT molecular complexity index is 383. The first-order chi connectivity index (χ1) is 6.40. The summed E-state index contributed by atoms with van der Waals surface area (Å²) < 4.78 is 5.21. The second kappa shape index (κ2) is 3.75. The van der Waals surface area contributed by atoms with Crippen molar-refractivity contribution in [3.63, 3.8) is 0 Å². The van der Waals surface area contributed by atoms with Gasteiger partial charge in [-0.3, -0.25) is 0 Å². The molecular weight excluding hydrogens is 230 g/mol. The topological polar surface area (TPSA) is 26.0 Å². The molecule has 1 heterocycles. The predicted molar refractivity (Wildman–Crippen MR) is 54.6 cm³/mol. The van der Waals surface area contributed by atoms with Gasteiger partial charge in [0.05, 0.1) is 5.33 Å². The van der Waals surface area contributed by atoms with Crippen molar-refractivity contribution in [3.05, 3.63) is 42.5 Å². The van der Waals surface area contributed by atoms with Crippen molar-refractivity contribution in [2.75, 3.05) is 0 Å². The summed E-state index contributed by atoms with van der Waals surface area (Å²) in [4.78, 5) is 4.29. The van der Waals surface area contributed by atoms with E-state index >= 15 is 0 Å². The molecule has 2 aromatic rings. The van der Waals surface area contributed by atoms with Crippen LogP contribution in [0.3, 0.4) is 0 Å². The Labute approximate surface area is 84.7 Å². The highest BCUT2D eigenvalue weighted by Gasteiger charge is 2.03. The van der Waals surface area contributed by atoms with Gasteiger partial charge < -0.3 is 4.42 Å². The Balaban J connectivity index is 2.36. The highest BCUT2D eigenvalue weighted by molar-refractivity contribution is 9.08. The zero-order chi connectivity index (χ0) is 9.10. The van der Waals surface area contributed by atoms with E-state index in [0.717, 1.165) is 11.3 Å². The Morgan fingerprint density at radius 3 is 2.62 bits per heavy atom. The maximum Gasteiger partial charge on any atom is 0.205 e. The molecule has 0 fully saturated rings. The third kappa shape index (κ3) is 1.80. The lowest BCUT2D eigenvalue weighted by molar-refractivity contribution is 0.518. The molecule has 0 N–H and O–H groups in total. The van der Waals surface area contributed by atoms with Gasteiger partial charge in [-0.15, -0.1) is 0 Å². The quantitative estimate of drug-likeness (QED) is 0.750. The van der Waals surface area contributed by atoms with E-state index in [-0.39, 0.29) is 0 Å². The minimum absolute atomic E-state index is 0.653. The smallest absolute Gasteiger partial charge is 0.205 e. The molecular formula is C10H8BrNO. The van der Waals surface area contributed by atoms with E-state index in [4.69, 9.17) is 4.42 Å². The molecule has 66 valence electrons. The zero-order valence-corrected chi connectivity index (χ0v) is 8.49. The fourth-order valence-corrected chi connectivity index (χ4v) is 1.37. The summed E-state index contributed by atoms with van der Waals surface area (Å²) >= 11 is 3.29. The molecule has 0 unspecified atom stereocenters. The minimum atomic E-state index is 0.653. The van der Waals surface area contributed by atoms with E-state index in [0.29, 0.717) is 11.2 Å². The van der Waals surface area contributed by atoms with Gasteiger partial charge in [-0.05, 0) is 0 Å². The molecule has 0 atom stereocenters. The van der Waals surface area contributed by atoms with Crippen LogP contribution in [0.15, 0.2) is 41.0 Å². The van der Waals surface area contributed by atoms with Crippen LogP contribution in [0.4, 0.5) is 0 Å². The number of oxazole rings is 1. The van der Waals surface area contributed by atoms with Crippen LogP contribution in [0.2, 0.25) is 0 Å². The molecule has 2 rings (SSSR count). The van der Waals surface area contributed by atoms with E-state index in [9.17, 15) is 0 Å². The maximum atomic E-state index is 5.21. The summed E-state index contributed by atoms with van der Waals surface area (Å²) in [6, 6.07) is 9.97. The largest absolute Gasteiger partial charge is 0.447 e. The Hall–Kier alpha value is -1.09. The molecule has 0 aliphatic carbocycles. The Kier molecular flexibility index (Phi) is 2.45. The highest BCUT2D eigenvalue weighted by atomic mass is 79.9. The lowest BCUT2D eigenvalue weighted by Crippen LogP contribution is -1.78. The summed E-state index contributed by atoms with van der Waals surface area (Å²) in [5.74, 6) is 0.707. The average Bonchev–Trinajstić information content (AvgIpc) is 2.67. The molecule has 1 aromatic heterocycles. The monoisotopic (exact) mass is 237 g/mol. The lowest BCUT2D eigenvalue weighted by Gasteiger charge is -1.91. The molecule has 13 heavy (non-hydrogen) atoms. The van der Waals surface area contributed by atoms with Gasteiger partial charge in [-0.2, -0.15) is 0 Å². The number of aromatic nitrogens is 1. The molecule has 0 saturated heterocycles. The summed E-state index contributed by atoms with van der Waals surface area (Å²) in [5, 5.41) is 0.653. The molecule has 0 bridgehead atoms. The first-order valence-corrected chi connectivity index (χ1v) is 5.08. The van der Waals surface area contributed by atoms with E-state index in [1.54, 1.807) is 6.26 Å². The first kappa shape index (κ1) is 8.51. The second-order valence-corrected chi connectivity index (χ2v) is 3.19. The van der Waals surface area contributed by atoms with Gasteiger partial charge in [0.1, 0.15) is 12.0 Å². The Morgan fingerprint density at radius 2 is 2.00 bits per heavy atom. The number of benzene rings is 1. The summed E-state index contributed by atoms with van der Waals surface area (Å²) in [6.45, 7) is 0. The van der Waals surface area contributed by atoms with Crippen molar-refractivity contribution in [1.29, 1.82) is 0 Å². The third-order valence-corrected chi connectivity index (χ3v) is 2.22. The van der Waals surface area contributed by atoms with Crippen LogP contribution in [0.5, 0.6) is 0 Å². The zero-order valence-electron chi connectivity index (χ0n) is 6.90. The van der Waals surface area contributed by atoms with Crippen molar-refractivity contribution >= 4 is 15.9 Å². The first-order valence-electron chi connectivity index (χ1n) is 3.96. The normalized spacial score (nSPS) is 10.2. The van der Waals surface area contributed by atoms with Gasteiger partial charge in [-0.1, -0.05) is 46.3 Å². The molecule has 0 saturated carbocycles. The lowest BCUT2D eigenvalue weighted by atomic mass is 10.2. The highest BCUT2D eigenvalue weighted by Crippen LogP contribution is 2.18. The average molecular weight is 238 g/mol. The molecule has 0 amide bonds. The van der Waals surface area contributed by atoms with E-state index in [2.05, 4.69) is 20.9 Å². The summed E-state index contributed by atoms with van der Waals surface area (Å²) in [7, 11) is 0.